The van der Waals surface area contributed by atoms with Gasteiger partial charge in [-0.2, -0.15) is 0 Å². The van der Waals surface area contributed by atoms with Crippen molar-refractivity contribution in [2.75, 3.05) is 21.2 Å². The first-order chi connectivity index (χ1) is 19.3. The lowest BCUT2D eigenvalue weighted by atomic mass is 9.52. The molecule has 2 aromatic rings. The second-order valence-electron chi connectivity index (χ2n) is 11.5. The number of ketones is 3. The standard InChI is InChI=1S/C30H32N2O9/c1-12-7-15(16-8-13(11-33)5-6-19(16)41-4)17-9-14-10-18-23(32(2)3)26(36)22(29(31)39)28(38)30(18,40)27(37)20(14)25(35)21(17)24(12)34/h5-8,11,14,18,20,22-23,26,34,36,40H,9-10H2,1-4H3,(H2,31,39)/t14-,18-,20?,22?,23-,26?,30-/m1/s1. The van der Waals surface area contributed by atoms with Gasteiger partial charge in [0, 0.05) is 23.1 Å². The molecule has 5 N–H and O–H groups in total. The largest absolute Gasteiger partial charge is 0.507 e. The number of Topliss-reactive ketones (excluding diaryl/α,β-unsaturated/α-hetero) is 3. The highest BCUT2D eigenvalue weighted by Crippen LogP contribution is 2.53. The second-order valence-corrected chi connectivity index (χ2v) is 11.5. The Labute approximate surface area is 235 Å². The molecule has 7 atom stereocenters. The number of nitrogens with zero attached hydrogens (tertiary/aromatic N) is 1. The number of amides is 1. The van der Waals surface area contributed by atoms with E-state index in [4.69, 9.17) is 10.5 Å². The van der Waals surface area contributed by atoms with E-state index >= 15 is 0 Å². The summed E-state index contributed by atoms with van der Waals surface area (Å²) in [5.41, 5.74) is 4.78. The molecule has 1 amide bonds. The third-order valence-electron chi connectivity index (χ3n) is 9.13. The highest BCUT2D eigenvalue weighted by Gasteiger charge is 2.69. The Bertz CT molecular complexity index is 1520. The maximum Gasteiger partial charge on any atom is 0.230 e. The molecule has 3 aliphatic rings. The Hall–Kier alpha value is -3.93. The van der Waals surface area contributed by atoms with Gasteiger partial charge in [0.1, 0.15) is 23.7 Å². The number of aliphatic hydroxyl groups is 2. The lowest BCUT2D eigenvalue weighted by Crippen LogP contribution is -2.75. The van der Waals surface area contributed by atoms with E-state index in [-0.39, 0.29) is 24.2 Å². The van der Waals surface area contributed by atoms with Crippen molar-refractivity contribution in [1.29, 1.82) is 0 Å². The van der Waals surface area contributed by atoms with Crippen LogP contribution in [0.2, 0.25) is 0 Å². The minimum atomic E-state index is -2.73. The van der Waals surface area contributed by atoms with Gasteiger partial charge in [-0.3, -0.25) is 24.0 Å². The fourth-order valence-electron chi connectivity index (χ4n) is 7.27. The number of phenols is 1. The summed E-state index contributed by atoms with van der Waals surface area (Å²) in [7, 11) is 4.64. The van der Waals surface area contributed by atoms with Gasteiger partial charge in [0.2, 0.25) is 5.91 Å². The second kappa shape index (κ2) is 9.86. The molecule has 0 aromatic heterocycles. The number of carbonyl (C=O) groups is 5. The van der Waals surface area contributed by atoms with E-state index in [9.17, 15) is 39.3 Å². The molecule has 216 valence electrons. The molecule has 5 rings (SSSR count). The van der Waals surface area contributed by atoms with Crippen LogP contribution in [0.5, 0.6) is 11.5 Å². The number of carbonyl (C=O) groups excluding carboxylic acids is 5. The maximum absolute atomic E-state index is 14.1. The number of phenolic OH excluding ortho intramolecular Hbond substituents is 1. The molecule has 0 saturated heterocycles. The van der Waals surface area contributed by atoms with Gasteiger partial charge in [-0.1, -0.05) is 0 Å². The number of rotatable bonds is 5. The van der Waals surface area contributed by atoms with Crippen LogP contribution in [-0.2, 0) is 20.8 Å². The number of aromatic hydroxyl groups is 1. The van der Waals surface area contributed by atoms with E-state index in [0.717, 1.165) is 0 Å². The van der Waals surface area contributed by atoms with Crippen LogP contribution in [0.1, 0.15) is 38.3 Å². The monoisotopic (exact) mass is 564 g/mol. The summed E-state index contributed by atoms with van der Waals surface area (Å²) in [6.07, 6.45) is -0.787. The summed E-state index contributed by atoms with van der Waals surface area (Å²) in [6, 6.07) is 5.51. The zero-order valence-corrected chi connectivity index (χ0v) is 23.1. The summed E-state index contributed by atoms with van der Waals surface area (Å²) in [6.45, 7) is 1.59. The number of hydrogen-bond acceptors (Lipinski definition) is 10. The molecule has 3 unspecified atom stereocenters. The Morgan fingerprint density at radius 3 is 2.41 bits per heavy atom. The fourth-order valence-corrected chi connectivity index (χ4v) is 7.27. The van der Waals surface area contributed by atoms with Crippen molar-refractivity contribution in [3.05, 3.63) is 46.5 Å². The fraction of sp³-hybridized carbons (Fsp3) is 0.433. The molecule has 0 radical (unpaired) electrons. The number of primary amides is 1. The molecule has 0 bridgehead atoms. The number of benzene rings is 2. The summed E-state index contributed by atoms with van der Waals surface area (Å²) in [5, 5.41) is 33.8. The molecular weight excluding hydrogens is 532 g/mol. The van der Waals surface area contributed by atoms with Crippen molar-refractivity contribution in [3.8, 4) is 22.6 Å². The number of hydrogen-bond donors (Lipinski definition) is 4. The van der Waals surface area contributed by atoms with Crippen molar-refractivity contribution >= 4 is 29.5 Å². The smallest absolute Gasteiger partial charge is 0.230 e. The first-order valence-electron chi connectivity index (χ1n) is 13.3. The average Bonchev–Trinajstić information content (AvgIpc) is 2.91. The van der Waals surface area contributed by atoms with Gasteiger partial charge >= 0.3 is 0 Å². The average molecular weight is 565 g/mol. The molecule has 0 heterocycles. The molecule has 0 aliphatic heterocycles. The first kappa shape index (κ1) is 28.6. The Balaban J connectivity index is 1.71. The van der Waals surface area contributed by atoms with Crippen LogP contribution in [0.3, 0.4) is 0 Å². The Morgan fingerprint density at radius 1 is 1.15 bits per heavy atom. The lowest BCUT2D eigenvalue weighted by molar-refractivity contribution is -0.190. The van der Waals surface area contributed by atoms with E-state index in [1.54, 1.807) is 45.3 Å². The van der Waals surface area contributed by atoms with Crippen LogP contribution in [0.25, 0.3) is 11.1 Å². The minimum Gasteiger partial charge on any atom is -0.507 e. The Morgan fingerprint density at radius 2 is 1.83 bits per heavy atom. The molecule has 2 saturated carbocycles. The number of aliphatic hydroxyl groups excluding tert-OH is 1. The number of fused-ring (bicyclic) bond motifs is 3. The van der Waals surface area contributed by atoms with Gasteiger partial charge in [0.05, 0.1) is 24.7 Å². The number of aldehydes is 1. The highest BCUT2D eigenvalue weighted by molar-refractivity contribution is 6.25. The third kappa shape index (κ3) is 3.94. The van der Waals surface area contributed by atoms with Crippen LogP contribution in [0, 0.1) is 30.6 Å². The van der Waals surface area contributed by atoms with Crippen molar-refractivity contribution in [2.45, 2.75) is 37.5 Å². The number of ether oxygens (including phenoxy) is 1. The van der Waals surface area contributed by atoms with Crippen LogP contribution in [0.15, 0.2) is 24.3 Å². The van der Waals surface area contributed by atoms with E-state index in [2.05, 4.69) is 0 Å². The number of nitrogens with two attached hydrogens (primary N) is 1. The van der Waals surface area contributed by atoms with Crippen LogP contribution in [-0.4, -0.2) is 88.7 Å². The maximum atomic E-state index is 14.1. The lowest BCUT2D eigenvalue weighted by Gasteiger charge is -2.54. The highest BCUT2D eigenvalue weighted by atomic mass is 16.5. The quantitative estimate of drug-likeness (QED) is 0.294. The molecule has 41 heavy (non-hydrogen) atoms. The number of methoxy groups -OCH3 is 1. The predicted molar refractivity (Wildman–Crippen MR) is 144 cm³/mol. The van der Waals surface area contributed by atoms with E-state index in [0.29, 0.717) is 39.9 Å². The summed E-state index contributed by atoms with van der Waals surface area (Å²) >= 11 is 0. The topological polar surface area (TPSA) is 185 Å². The van der Waals surface area contributed by atoms with Crippen LogP contribution < -0.4 is 10.5 Å². The van der Waals surface area contributed by atoms with E-state index in [1.807, 2.05) is 0 Å². The molecule has 0 spiro atoms. The minimum absolute atomic E-state index is 0.00515. The van der Waals surface area contributed by atoms with Gasteiger partial charge in [-0.25, -0.2) is 0 Å². The zero-order chi connectivity index (χ0) is 30.1. The number of likely N-dealkylation sites (N-methyl/N-ethyl adjacent to an activating group) is 1. The normalized spacial score (nSPS) is 30.9. The number of aryl methyl sites for hydroxylation is 1. The van der Waals surface area contributed by atoms with Crippen LogP contribution in [0.4, 0.5) is 0 Å². The third-order valence-corrected chi connectivity index (χ3v) is 9.13. The van der Waals surface area contributed by atoms with Crippen molar-refractivity contribution in [2.24, 2.45) is 29.4 Å². The Kier molecular flexibility index (Phi) is 6.88. The van der Waals surface area contributed by atoms with Crippen molar-refractivity contribution < 1.29 is 44.0 Å². The van der Waals surface area contributed by atoms with Crippen LogP contribution >= 0.6 is 0 Å². The van der Waals surface area contributed by atoms with Gasteiger partial charge in [-0.05, 0) is 80.7 Å². The van der Waals surface area contributed by atoms with Crippen molar-refractivity contribution in [1.82, 2.24) is 4.90 Å². The van der Waals surface area contributed by atoms with Gasteiger partial charge in [0.25, 0.3) is 0 Å². The molecular formula is C30H32N2O9. The summed E-state index contributed by atoms with van der Waals surface area (Å²) in [4.78, 5) is 66.9. The zero-order valence-electron chi connectivity index (χ0n) is 23.1. The predicted octanol–water partition coefficient (Wildman–Crippen LogP) is 0.455. The molecule has 2 aromatic carbocycles. The first-order valence-corrected chi connectivity index (χ1v) is 13.3. The molecule has 11 nitrogen and oxygen atoms in total. The van der Waals surface area contributed by atoms with E-state index in [1.165, 1.54) is 12.0 Å². The van der Waals surface area contributed by atoms with Gasteiger partial charge in [0.15, 0.2) is 23.0 Å². The molecule has 2 fully saturated rings. The van der Waals surface area contributed by atoms with Gasteiger partial charge < -0.3 is 30.7 Å². The van der Waals surface area contributed by atoms with Gasteiger partial charge in [-0.15, -0.1) is 0 Å². The molecule has 3 aliphatic carbocycles. The summed E-state index contributed by atoms with van der Waals surface area (Å²) < 4.78 is 5.53. The summed E-state index contributed by atoms with van der Waals surface area (Å²) in [5.74, 6) is -9.24. The van der Waals surface area contributed by atoms with E-state index < -0.39 is 64.7 Å². The molecule has 11 heteroatoms. The SMILES string of the molecule is COc1ccc(C=O)cc1-c1cc(C)c(O)c2c1C[C@@H]1C[C@@H]3[C@@H](N(C)C)C(O)C(C(N)=O)C(=O)[C@]3(O)C(=O)C1C2=O. The van der Waals surface area contributed by atoms with Crippen molar-refractivity contribution in [3.63, 3.8) is 0 Å².